The normalized spacial score (nSPS) is 14.9. The molecule has 1 fully saturated rings. The topological polar surface area (TPSA) is 92.6 Å². The third-order valence-electron chi connectivity index (χ3n) is 5.62. The Morgan fingerprint density at radius 1 is 1.16 bits per heavy atom. The number of benzene rings is 2. The lowest BCUT2D eigenvalue weighted by Gasteiger charge is -2.33. The number of rotatable bonds is 8. The number of hydrogen-bond acceptors (Lipinski definition) is 4. The molecule has 0 bridgehead atoms. The van der Waals surface area contributed by atoms with Crippen molar-refractivity contribution in [3.05, 3.63) is 86.0 Å². The SMILES string of the molecule is C=CCN(C(=O)c1ccccc1I)C(C(=O)NC1CCCCC1)c1ccc([N+](=O)[O-])cc1. The summed E-state index contributed by atoms with van der Waals surface area (Å²) in [6, 6.07) is 12.1. The number of amides is 2. The minimum absolute atomic E-state index is 0.0642. The lowest BCUT2D eigenvalue weighted by Crippen LogP contribution is -2.47. The molecule has 1 saturated carbocycles. The molecule has 1 atom stereocenters. The Morgan fingerprint density at radius 3 is 2.41 bits per heavy atom. The molecule has 1 unspecified atom stereocenters. The summed E-state index contributed by atoms with van der Waals surface area (Å²) in [6.45, 7) is 3.93. The summed E-state index contributed by atoms with van der Waals surface area (Å²) >= 11 is 2.10. The Hall–Kier alpha value is -2.75. The van der Waals surface area contributed by atoms with Crippen LogP contribution in [0, 0.1) is 13.7 Å². The van der Waals surface area contributed by atoms with Crippen LogP contribution in [0.4, 0.5) is 5.69 Å². The van der Waals surface area contributed by atoms with Crippen molar-refractivity contribution < 1.29 is 14.5 Å². The van der Waals surface area contributed by atoms with Crippen molar-refractivity contribution in [1.29, 1.82) is 0 Å². The molecule has 1 N–H and O–H groups in total. The second-order valence-corrected chi connectivity index (χ2v) is 8.98. The van der Waals surface area contributed by atoms with Gasteiger partial charge in [0, 0.05) is 28.3 Å². The Balaban J connectivity index is 2.00. The standard InChI is InChI=1S/C24H26IN3O4/c1-2-16-27(24(30)20-10-6-7-11-21(20)25)22(17-12-14-19(15-13-17)28(31)32)23(29)26-18-8-4-3-5-9-18/h2,6-7,10-15,18,22H,1,3-5,8-9,16H2,(H,26,29). The van der Waals surface area contributed by atoms with Gasteiger partial charge in [-0.15, -0.1) is 6.58 Å². The monoisotopic (exact) mass is 547 g/mol. The first-order valence-corrected chi connectivity index (χ1v) is 11.7. The van der Waals surface area contributed by atoms with Crippen LogP contribution in [-0.4, -0.2) is 34.2 Å². The highest BCUT2D eigenvalue weighted by atomic mass is 127. The number of nitro benzene ring substituents is 1. The van der Waals surface area contributed by atoms with Gasteiger partial charge in [-0.2, -0.15) is 0 Å². The van der Waals surface area contributed by atoms with Crippen molar-refractivity contribution >= 4 is 40.1 Å². The minimum Gasteiger partial charge on any atom is -0.351 e. The molecular weight excluding hydrogens is 521 g/mol. The first-order chi connectivity index (χ1) is 15.4. The lowest BCUT2D eigenvalue weighted by molar-refractivity contribution is -0.384. The van der Waals surface area contributed by atoms with E-state index in [-0.39, 0.29) is 30.1 Å². The maximum absolute atomic E-state index is 13.5. The average Bonchev–Trinajstić information content (AvgIpc) is 2.79. The van der Waals surface area contributed by atoms with E-state index in [1.54, 1.807) is 30.3 Å². The van der Waals surface area contributed by atoms with Gasteiger partial charge in [-0.1, -0.05) is 37.5 Å². The van der Waals surface area contributed by atoms with Crippen LogP contribution in [0.2, 0.25) is 0 Å². The summed E-state index contributed by atoms with van der Waals surface area (Å²) in [5.41, 5.74) is 0.941. The summed E-state index contributed by atoms with van der Waals surface area (Å²) in [5, 5.41) is 14.2. The highest BCUT2D eigenvalue weighted by Gasteiger charge is 2.33. The predicted molar refractivity (Wildman–Crippen MR) is 131 cm³/mol. The zero-order chi connectivity index (χ0) is 23.1. The molecular formula is C24H26IN3O4. The molecule has 0 aliphatic heterocycles. The second-order valence-electron chi connectivity index (χ2n) is 7.82. The van der Waals surface area contributed by atoms with E-state index in [1.165, 1.54) is 17.0 Å². The van der Waals surface area contributed by atoms with E-state index in [4.69, 9.17) is 0 Å². The first-order valence-electron chi connectivity index (χ1n) is 10.6. The molecule has 3 rings (SSSR count). The minimum atomic E-state index is -0.931. The summed E-state index contributed by atoms with van der Waals surface area (Å²) in [6.07, 6.45) is 6.68. The van der Waals surface area contributed by atoms with E-state index in [2.05, 4.69) is 34.5 Å². The Kier molecular flexibility index (Phi) is 8.38. The molecule has 2 amide bonds. The maximum atomic E-state index is 13.5. The Labute approximate surface area is 201 Å². The van der Waals surface area contributed by atoms with E-state index in [9.17, 15) is 19.7 Å². The zero-order valence-electron chi connectivity index (χ0n) is 17.7. The van der Waals surface area contributed by atoms with Gasteiger partial charge in [0.25, 0.3) is 11.6 Å². The van der Waals surface area contributed by atoms with Gasteiger partial charge in [-0.25, -0.2) is 0 Å². The third-order valence-corrected chi connectivity index (χ3v) is 6.56. The predicted octanol–water partition coefficient (Wildman–Crippen LogP) is 5.02. The summed E-state index contributed by atoms with van der Waals surface area (Å²) < 4.78 is 0.777. The zero-order valence-corrected chi connectivity index (χ0v) is 19.9. The van der Waals surface area contributed by atoms with Crippen LogP contribution in [0.3, 0.4) is 0 Å². The van der Waals surface area contributed by atoms with Crippen molar-refractivity contribution in [3.8, 4) is 0 Å². The summed E-state index contributed by atoms with van der Waals surface area (Å²) in [7, 11) is 0. The van der Waals surface area contributed by atoms with Gasteiger partial charge in [0.05, 0.1) is 10.5 Å². The van der Waals surface area contributed by atoms with Gasteiger partial charge in [0.1, 0.15) is 6.04 Å². The van der Waals surface area contributed by atoms with Gasteiger partial charge in [0.15, 0.2) is 0 Å². The summed E-state index contributed by atoms with van der Waals surface area (Å²) in [5.74, 6) is -0.580. The molecule has 2 aromatic rings. The van der Waals surface area contributed by atoms with E-state index >= 15 is 0 Å². The van der Waals surface area contributed by atoms with Gasteiger partial charge < -0.3 is 10.2 Å². The Morgan fingerprint density at radius 2 is 1.81 bits per heavy atom. The molecule has 0 radical (unpaired) electrons. The maximum Gasteiger partial charge on any atom is 0.269 e. The van der Waals surface area contributed by atoms with E-state index in [0.29, 0.717) is 11.1 Å². The van der Waals surface area contributed by atoms with Gasteiger partial charge in [-0.05, 0) is 65.3 Å². The van der Waals surface area contributed by atoms with Crippen LogP contribution < -0.4 is 5.32 Å². The number of halogens is 1. The average molecular weight is 547 g/mol. The van der Waals surface area contributed by atoms with Gasteiger partial charge in [0.2, 0.25) is 5.91 Å². The molecule has 32 heavy (non-hydrogen) atoms. The molecule has 0 saturated heterocycles. The van der Waals surface area contributed by atoms with E-state index < -0.39 is 11.0 Å². The van der Waals surface area contributed by atoms with Crippen molar-refractivity contribution in [2.75, 3.05) is 6.54 Å². The smallest absolute Gasteiger partial charge is 0.269 e. The molecule has 0 aromatic heterocycles. The fourth-order valence-electron chi connectivity index (χ4n) is 4.01. The number of hydrogen-bond donors (Lipinski definition) is 1. The molecule has 1 aliphatic rings. The van der Waals surface area contributed by atoms with E-state index in [0.717, 1.165) is 35.7 Å². The van der Waals surface area contributed by atoms with Gasteiger partial charge in [-0.3, -0.25) is 19.7 Å². The molecule has 0 spiro atoms. The highest BCUT2D eigenvalue weighted by Crippen LogP contribution is 2.28. The highest BCUT2D eigenvalue weighted by molar-refractivity contribution is 14.1. The van der Waals surface area contributed by atoms with Crippen LogP contribution in [-0.2, 0) is 4.79 Å². The van der Waals surface area contributed by atoms with Crippen LogP contribution in [0.25, 0.3) is 0 Å². The van der Waals surface area contributed by atoms with Gasteiger partial charge >= 0.3 is 0 Å². The summed E-state index contributed by atoms with van der Waals surface area (Å²) in [4.78, 5) is 39.1. The number of carbonyl (C=O) groups is 2. The van der Waals surface area contributed by atoms with Crippen LogP contribution in [0.5, 0.6) is 0 Å². The van der Waals surface area contributed by atoms with E-state index in [1.807, 2.05) is 12.1 Å². The number of nitrogens with one attached hydrogen (secondary N) is 1. The number of non-ortho nitro benzene ring substituents is 1. The van der Waals surface area contributed by atoms with Crippen LogP contribution >= 0.6 is 22.6 Å². The van der Waals surface area contributed by atoms with Crippen LogP contribution in [0.1, 0.15) is 54.1 Å². The third kappa shape index (κ3) is 5.73. The molecule has 0 heterocycles. The molecule has 2 aromatic carbocycles. The first kappa shape index (κ1) is 23.9. The molecule has 8 heteroatoms. The molecule has 7 nitrogen and oxygen atoms in total. The number of nitrogens with zero attached hydrogens (tertiary/aromatic N) is 2. The Bertz CT molecular complexity index is 987. The number of carbonyl (C=O) groups excluding carboxylic acids is 2. The van der Waals surface area contributed by atoms with Crippen LogP contribution in [0.15, 0.2) is 61.2 Å². The number of nitro groups is 1. The fraction of sp³-hybridized carbons (Fsp3) is 0.333. The van der Waals surface area contributed by atoms with Crippen molar-refractivity contribution in [1.82, 2.24) is 10.2 Å². The molecule has 1 aliphatic carbocycles. The lowest BCUT2D eigenvalue weighted by atomic mass is 9.94. The second kappa shape index (κ2) is 11.2. The largest absolute Gasteiger partial charge is 0.351 e. The quantitative estimate of drug-likeness (QED) is 0.218. The van der Waals surface area contributed by atoms with Crippen molar-refractivity contribution in [3.63, 3.8) is 0 Å². The van der Waals surface area contributed by atoms with Crippen molar-refractivity contribution in [2.24, 2.45) is 0 Å². The molecule has 168 valence electrons. The van der Waals surface area contributed by atoms with Crippen molar-refractivity contribution in [2.45, 2.75) is 44.2 Å². The fourth-order valence-corrected chi connectivity index (χ4v) is 4.63.